The third-order valence-electron chi connectivity index (χ3n) is 5.71. The first kappa shape index (κ1) is 21.9. The lowest BCUT2D eigenvalue weighted by Gasteiger charge is -2.34. The van der Waals surface area contributed by atoms with E-state index in [2.05, 4.69) is 4.90 Å². The molecule has 0 unspecified atom stereocenters. The summed E-state index contributed by atoms with van der Waals surface area (Å²) in [6, 6.07) is 14.8. The van der Waals surface area contributed by atoms with Gasteiger partial charge in [0.25, 0.3) is 5.91 Å². The monoisotopic (exact) mass is 444 g/mol. The summed E-state index contributed by atoms with van der Waals surface area (Å²) in [5, 5.41) is 0.703. The number of hydrogen-bond acceptors (Lipinski definition) is 5. The maximum absolute atomic E-state index is 12.8. The highest BCUT2D eigenvalue weighted by atomic mass is 35.5. The fourth-order valence-electron chi connectivity index (χ4n) is 3.84. The highest BCUT2D eigenvalue weighted by molar-refractivity contribution is 6.30. The van der Waals surface area contributed by atoms with E-state index in [1.54, 1.807) is 0 Å². The standard InChI is InChI=1S/C24H29ClN2O4/c25-20-5-9-21(10-6-20)30-17-15-26-11-13-27(14-12-26)24(28)19-3-7-22(8-4-19)31-18-23-2-1-16-29-23/h3-10,23H,1-2,11-18H2/t23-/m0/s1. The van der Waals surface area contributed by atoms with Crippen LogP contribution >= 0.6 is 11.6 Å². The predicted octanol–water partition coefficient (Wildman–Crippen LogP) is 3.73. The first-order chi connectivity index (χ1) is 15.2. The Morgan fingerprint density at radius 2 is 1.65 bits per heavy atom. The zero-order valence-corrected chi connectivity index (χ0v) is 18.4. The number of nitrogens with zero attached hydrogens (tertiary/aromatic N) is 2. The van der Waals surface area contributed by atoms with Gasteiger partial charge >= 0.3 is 0 Å². The minimum absolute atomic E-state index is 0.0720. The molecule has 31 heavy (non-hydrogen) atoms. The molecule has 7 heteroatoms. The van der Waals surface area contributed by atoms with Crippen LogP contribution in [0, 0.1) is 0 Å². The van der Waals surface area contributed by atoms with Crippen LogP contribution in [-0.2, 0) is 4.74 Å². The number of carbonyl (C=O) groups is 1. The molecule has 2 fully saturated rings. The number of amides is 1. The molecule has 2 aliphatic rings. The quantitative estimate of drug-likeness (QED) is 0.621. The van der Waals surface area contributed by atoms with Gasteiger partial charge < -0.3 is 19.1 Å². The van der Waals surface area contributed by atoms with Gasteiger partial charge in [-0.1, -0.05) is 11.6 Å². The van der Waals surface area contributed by atoms with Crippen LogP contribution in [0.4, 0.5) is 0 Å². The van der Waals surface area contributed by atoms with Crippen molar-refractivity contribution < 1.29 is 19.0 Å². The van der Waals surface area contributed by atoms with Crippen LogP contribution < -0.4 is 9.47 Å². The number of rotatable bonds is 8. The van der Waals surface area contributed by atoms with Crippen molar-refractivity contribution in [2.24, 2.45) is 0 Å². The molecule has 6 nitrogen and oxygen atoms in total. The minimum atomic E-state index is 0.0720. The fraction of sp³-hybridized carbons (Fsp3) is 0.458. The van der Waals surface area contributed by atoms with Crippen molar-refractivity contribution in [3.63, 3.8) is 0 Å². The highest BCUT2D eigenvalue weighted by Gasteiger charge is 2.22. The molecule has 2 aromatic rings. The lowest BCUT2D eigenvalue weighted by Crippen LogP contribution is -2.49. The Labute approximate surface area is 188 Å². The van der Waals surface area contributed by atoms with E-state index in [1.165, 1.54) is 0 Å². The molecular weight excluding hydrogens is 416 g/mol. The lowest BCUT2D eigenvalue weighted by atomic mass is 10.1. The molecule has 166 valence electrons. The van der Waals surface area contributed by atoms with Gasteiger partial charge in [0, 0.05) is 49.9 Å². The third kappa shape index (κ3) is 6.35. The second kappa shape index (κ2) is 10.8. The molecule has 0 radical (unpaired) electrons. The van der Waals surface area contributed by atoms with Crippen molar-refractivity contribution in [3.8, 4) is 11.5 Å². The van der Waals surface area contributed by atoms with Crippen molar-refractivity contribution in [3.05, 3.63) is 59.1 Å². The van der Waals surface area contributed by atoms with E-state index in [0.717, 1.165) is 63.7 Å². The number of ether oxygens (including phenoxy) is 3. The summed E-state index contributed by atoms with van der Waals surface area (Å²) in [4.78, 5) is 17.1. The summed E-state index contributed by atoms with van der Waals surface area (Å²) in [7, 11) is 0. The average Bonchev–Trinajstić information content (AvgIpc) is 3.33. The molecular formula is C24H29ClN2O4. The average molecular weight is 445 g/mol. The summed E-state index contributed by atoms with van der Waals surface area (Å²) >= 11 is 5.89. The largest absolute Gasteiger partial charge is 0.492 e. The second-order valence-electron chi connectivity index (χ2n) is 7.91. The van der Waals surface area contributed by atoms with Crippen LogP contribution in [0.5, 0.6) is 11.5 Å². The first-order valence-electron chi connectivity index (χ1n) is 10.9. The molecule has 2 aromatic carbocycles. The highest BCUT2D eigenvalue weighted by Crippen LogP contribution is 2.18. The van der Waals surface area contributed by atoms with Crippen LogP contribution in [0.3, 0.4) is 0 Å². The molecule has 0 saturated carbocycles. The van der Waals surface area contributed by atoms with E-state index in [1.807, 2.05) is 53.4 Å². The molecule has 0 N–H and O–H groups in total. The molecule has 4 rings (SSSR count). The predicted molar refractivity (Wildman–Crippen MR) is 120 cm³/mol. The SMILES string of the molecule is O=C(c1ccc(OC[C@@H]2CCCO2)cc1)N1CCN(CCOc2ccc(Cl)cc2)CC1. The molecule has 0 aliphatic carbocycles. The van der Waals surface area contributed by atoms with E-state index >= 15 is 0 Å². The molecule has 0 bridgehead atoms. The van der Waals surface area contributed by atoms with E-state index in [4.69, 9.17) is 25.8 Å². The van der Waals surface area contributed by atoms with Gasteiger partial charge in [0.2, 0.25) is 0 Å². The molecule has 1 amide bonds. The van der Waals surface area contributed by atoms with Crippen molar-refractivity contribution in [2.45, 2.75) is 18.9 Å². The topological polar surface area (TPSA) is 51.2 Å². The summed E-state index contributed by atoms with van der Waals surface area (Å²) < 4.78 is 17.1. The van der Waals surface area contributed by atoms with Gasteiger partial charge in [-0.25, -0.2) is 0 Å². The Kier molecular flexibility index (Phi) is 7.67. The number of carbonyl (C=O) groups excluding carboxylic acids is 1. The Morgan fingerprint density at radius 3 is 2.32 bits per heavy atom. The van der Waals surface area contributed by atoms with Gasteiger partial charge in [-0.2, -0.15) is 0 Å². The Morgan fingerprint density at radius 1 is 0.968 bits per heavy atom. The number of hydrogen-bond donors (Lipinski definition) is 0. The van der Waals surface area contributed by atoms with Crippen molar-refractivity contribution in [1.29, 1.82) is 0 Å². The maximum Gasteiger partial charge on any atom is 0.253 e. The zero-order chi connectivity index (χ0) is 21.5. The first-order valence-corrected chi connectivity index (χ1v) is 11.3. The van der Waals surface area contributed by atoms with Gasteiger partial charge in [0.15, 0.2) is 0 Å². The van der Waals surface area contributed by atoms with Gasteiger partial charge in [-0.15, -0.1) is 0 Å². The lowest BCUT2D eigenvalue weighted by molar-refractivity contribution is 0.0619. The van der Waals surface area contributed by atoms with Crippen molar-refractivity contribution >= 4 is 17.5 Å². The second-order valence-corrected chi connectivity index (χ2v) is 8.34. The molecule has 2 saturated heterocycles. The van der Waals surface area contributed by atoms with Crippen LogP contribution in [0.1, 0.15) is 23.2 Å². The molecule has 2 heterocycles. The molecule has 0 aromatic heterocycles. The zero-order valence-electron chi connectivity index (χ0n) is 17.7. The smallest absolute Gasteiger partial charge is 0.253 e. The summed E-state index contributed by atoms with van der Waals surface area (Å²) in [6.45, 7) is 5.97. The third-order valence-corrected chi connectivity index (χ3v) is 5.96. The normalized spacial score (nSPS) is 19.4. The van der Waals surface area contributed by atoms with Gasteiger partial charge in [0.05, 0.1) is 6.10 Å². The fourth-order valence-corrected chi connectivity index (χ4v) is 3.97. The summed E-state index contributed by atoms with van der Waals surface area (Å²) in [6.07, 6.45) is 2.34. The van der Waals surface area contributed by atoms with Gasteiger partial charge in [-0.05, 0) is 61.4 Å². The number of halogens is 1. The Bertz CT molecular complexity index is 830. The number of benzene rings is 2. The number of piperazine rings is 1. The van der Waals surface area contributed by atoms with Crippen LogP contribution in [0.15, 0.2) is 48.5 Å². The van der Waals surface area contributed by atoms with Crippen molar-refractivity contribution in [2.75, 3.05) is 52.5 Å². The maximum atomic E-state index is 12.8. The van der Waals surface area contributed by atoms with Gasteiger partial charge in [0.1, 0.15) is 24.7 Å². The minimum Gasteiger partial charge on any atom is -0.492 e. The van der Waals surface area contributed by atoms with Crippen LogP contribution in [-0.4, -0.2) is 74.4 Å². The van der Waals surface area contributed by atoms with E-state index in [9.17, 15) is 4.79 Å². The van der Waals surface area contributed by atoms with Crippen LogP contribution in [0.25, 0.3) is 0 Å². The Balaban J connectivity index is 1.17. The Hall–Kier alpha value is -2.28. The van der Waals surface area contributed by atoms with E-state index < -0.39 is 0 Å². The molecule has 2 aliphatic heterocycles. The van der Waals surface area contributed by atoms with E-state index in [-0.39, 0.29) is 12.0 Å². The van der Waals surface area contributed by atoms with Crippen molar-refractivity contribution in [1.82, 2.24) is 9.80 Å². The van der Waals surface area contributed by atoms with Crippen LogP contribution in [0.2, 0.25) is 5.02 Å². The van der Waals surface area contributed by atoms with E-state index in [0.29, 0.717) is 23.8 Å². The van der Waals surface area contributed by atoms with Gasteiger partial charge in [-0.3, -0.25) is 9.69 Å². The molecule has 0 spiro atoms. The summed E-state index contributed by atoms with van der Waals surface area (Å²) in [5.41, 5.74) is 0.698. The molecule has 1 atom stereocenters. The summed E-state index contributed by atoms with van der Waals surface area (Å²) in [5.74, 6) is 1.67.